The van der Waals surface area contributed by atoms with Gasteiger partial charge in [-0.1, -0.05) is 42.3 Å². The fraction of sp³-hybridized carbons (Fsp3) is 0.333. The molecule has 4 rings (SSSR count). The Balaban J connectivity index is 1.35. The lowest BCUT2D eigenvalue weighted by atomic mass is 10.0. The molecule has 1 aromatic heterocycles. The lowest BCUT2D eigenvalue weighted by Gasteiger charge is -2.35. The van der Waals surface area contributed by atoms with Crippen LogP contribution in [0, 0.1) is 0 Å². The number of carbonyl (C=O) groups is 1. The summed E-state index contributed by atoms with van der Waals surface area (Å²) in [6.45, 7) is 2.49. The molecule has 0 spiro atoms. The van der Waals surface area contributed by atoms with Crippen molar-refractivity contribution in [3.05, 3.63) is 65.4 Å². The van der Waals surface area contributed by atoms with Gasteiger partial charge in [-0.05, 0) is 49.2 Å². The number of nitrogens with zero attached hydrogens (tertiary/aromatic N) is 3. The van der Waals surface area contributed by atoms with Gasteiger partial charge in [-0.3, -0.25) is 4.90 Å². The normalized spacial score (nSPS) is 17.5. The van der Waals surface area contributed by atoms with Crippen LogP contribution in [0.25, 0.3) is 11.0 Å². The quantitative estimate of drug-likeness (QED) is 0.684. The van der Waals surface area contributed by atoms with Crippen molar-refractivity contribution < 1.29 is 4.79 Å². The maximum atomic E-state index is 12.4. The number of fused-ring (bicyclic) bond motifs is 1. The zero-order valence-electron chi connectivity index (χ0n) is 15.6. The molecule has 2 heterocycles. The predicted octanol–water partition coefficient (Wildman–Crippen LogP) is 4.00. The van der Waals surface area contributed by atoms with Gasteiger partial charge in [0.2, 0.25) is 0 Å². The average Bonchev–Trinajstić information content (AvgIpc) is 3.10. The van der Waals surface area contributed by atoms with Gasteiger partial charge in [-0.25, -0.2) is 19.9 Å². The Hall–Kier alpha value is -2.57. The number of carbonyl (C=O) groups excluding carboxylic acids is 1. The number of amides is 2. The molecular formula is C21H24ClN5O. The van der Waals surface area contributed by atoms with Gasteiger partial charge in [0.15, 0.2) is 0 Å². The lowest BCUT2D eigenvalue weighted by molar-refractivity contribution is 0.139. The smallest absolute Gasteiger partial charge is 0.334 e. The first-order valence-electron chi connectivity index (χ1n) is 9.64. The average molecular weight is 398 g/mol. The number of aromatic nitrogens is 2. The van der Waals surface area contributed by atoms with Crippen LogP contribution in [0.4, 0.5) is 4.79 Å². The first-order chi connectivity index (χ1) is 13.7. The summed E-state index contributed by atoms with van der Waals surface area (Å²) in [5, 5.41) is 3.78. The molecule has 28 heavy (non-hydrogen) atoms. The highest BCUT2D eigenvalue weighted by atomic mass is 35.5. The first-order valence-corrected chi connectivity index (χ1v) is 10.0. The van der Waals surface area contributed by atoms with E-state index in [4.69, 9.17) is 11.6 Å². The van der Waals surface area contributed by atoms with Crippen molar-refractivity contribution in [2.75, 3.05) is 18.5 Å². The SMILES string of the molecule is O=C(NCC1CCCCN1Cc1cccc(Cl)c1)Nn1cnc2ccccc21. The second-order valence-electron chi connectivity index (χ2n) is 7.18. The van der Waals surface area contributed by atoms with Gasteiger partial charge in [-0.15, -0.1) is 0 Å². The standard InChI is InChI=1S/C21H24ClN5O/c22-17-7-5-6-16(12-17)14-26-11-4-3-8-18(26)13-23-21(28)25-27-15-24-19-9-1-2-10-20(19)27/h1-2,5-7,9-10,12,15,18H,3-4,8,11,13-14H2,(H2,23,25,28). The Morgan fingerprint density at radius 1 is 1.18 bits per heavy atom. The Morgan fingerprint density at radius 2 is 2.07 bits per heavy atom. The van der Waals surface area contributed by atoms with Gasteiger partial charge < -0.3 is 5.32 Å². The summed E-state index contributed by atoms with van der Waals surface area (Å²) in [5.74, 6) is 0. The van der Waals surface area contributed by atoms with Gasteiger partial charge >= 0.3 is 6.03 Å². The molecule has 0 saturated carbocycles. The van der Waals surface area contributed by atoms with Crippen LogP contribution >= 0.6 is 11.6 Å². The maximum Gasteiger partial charge on any atom is 0.334 e. The number of benzene rings is 2. The molecule has 1 fully saturated rings. The first kappa shape index (κ1) is 18.8. The van der Waals surface area contributed by atoms with Crippen molar-refractivity contribution >= 4 is 28.7 Å². The topological polar surface area (TPSA) is 62.2 Å². The van der Waals surface area contributed by atoms with Crippen LogP contribution in [-0.2, 0) is 6.54 Å². The molecule has 1 atom stereocenters. The molecule has 146 valence electrons. The molecule has 2 amide bonds. The van der Waals surface area contributed by atoms with Gasteiger partial charge in [0.1, 0.15) is 6.33 Å². The van der Waals surface area contributed by atoms with E-state index < -0.39 is 0 Å². The predicted molar refractivity (Wildman–Crippen MR) is 112 cm³/mol. The van der Waals surface area contributed by atoms with E-state index in [1.807, 2.05) is 42.5 Å². The zero-order valence-corrected chi connectivity index (χ0v) is 16.4. The van der Waals surface area contributed by atoms with E-state index >= 15 is 0 Å². The largest absolute Gasteiger partial charge is 0.335 e. The summed E-state index contributed by atoms with van der Waals surface area (Å²) in [7, 11) is 0. The molecule has 2 aromatic carbocycles. The number of piperidine rings is 1. The summed E-state index contributed by atoms with van der Waals surface area (Å²) in [6, 6.07) is 15.8. The third-order valence-corrected chi connectivity index (χ3v) is 5.43. The highest BCUT2D eigenvalue weighted by molar-refractivity contribution is 6.30. The van der Waals surface area contributed by atoms with E-state index in [9.17, 15) is 4.79 Å². The van der Waals surface area contributed by atoms with Crippen LogP contribution in [0.3, 0.4) is 0 Å². The molecule has 0 radical (unpaired) electrons. The van der Waals surface area contributed by atoms with Crippen LogP contribution in [0.2, 0.25) is 5.02 Å². The lowest BCUT2D eigenvalue weighted by Crippen LogP contribution is -2.47. The van der Waals surface area contributed by atoms with Gasteiger partial charge in [0, 0.05) is 24.2 Å². The summed E-state index contributed by atoms with van der Waals surface area (Å²) in [6.07, 6.45) is 5.07. The van der Waals surface area contributed by atoms with Crippen molar-refractivity contribution in [1.82, 2.24) is 19.9 Å². The van der Waals surface area contributed by atoms with E-state index in [1.54, 1.807) is 11.0 Å². The number of halogens is 1. The highest BCUT2D eigenvalue weighted by Gasteiger charge is 2.23. The fourth-order valence-electron chi connectivity index (χ4n) is 3.78. The monoisotopic (exact) mass is 397 g/mol. The molecule has 0 bridgehead atoms. The molecule has 1 saturated heterocycles. The van der Waals surface area contributed by atoms with Crippen molar-refractivity contribution in [3.63, 3.8) is 0 Å². The van der Waals surface area contributed by atoms with Gasteiger partial charge in [0.25, 0.3) is 0 Å². The Bertz CT molecular complexity index is 957. The number of rotatable bonds is 5. The third-order valence-electron chi connectivity index (χ3n) is 5.20. The summed E-state index contributed by atoms with van der Waals surface area (Å²) in [5.41, 5.74) is 5.77. The third kappa shape index (κ3) is 4.46. The molecule has 1 aliphatic heterocycles. The van der Waals surface area contributed by atoms with Crippen molar-refractivity contribution in [3.8, 4) is 0 Å². The molecule has 0 aliphatic carbocycles. The second-order valence-corrected chi connectivity index (χ2v) is 7.61. The number of hydrogen-bond acceptors (Lipinski definition) is 3. The van der Waals surface area contributed by atoms with Crippen LogP contribution in [0.15, 0.2) is 54.9 Å². The van der Waals surface area contributed by atoms with Crippen LogP contribution in [0.1, 0.15) is 24.8 Å². The molecular weight excluding hydrogens is 374 g/mol. The second kappa shape index (κ2) is 8.63. The van der Waals surface area contributed by atoms with Crippen molar-refractivity contribution in [2.24, 2.45) is 0 Å². The number of hydrogen-bond donors (Lipinski definition) is 2. The number of para-hydroxylation sites is 2. The summed E-state index contributed by atoms with van der Waals surface area (Å²) < 4.78 is 1.65. The molecule has 7 heteroatoms. The number of nitrogens with one attached hydrogen (secondary N) is 2. The molecule has 2 N–H and O–H groups in total. The van der Waals surface area contributed by atoms with E-state index in [1.165, 1.54) is 18.4 Å². The van der Waals surface area contributed by atoms with E-state index in [0.29, 0.717) is 12.6 Å². The van der Waals surface area contributed by atoms with Gasteiger partial charge in [-0.2, -0.15) is 0 Å². The molecule has 3 aromatic rings. The maximum absolute atomic E-state index is 12.4. The number of likely N-dealkylation sites (tertiary alicyclic amines) is 1. The van der Waals surface area contributed by atoms with Crippen molar-refractivity contribution in [1.29, 1.82) is 0 Å². The highest BCUT2D eigenvalue weighted by Crippen LogP contribution is 2.20. The number of urea groups is 1. The minimum Gasteiger partial charge on any atom is -0.335 e. The Kier molecular flexibility index (Phi) is 5.78. The summed E-state index contributed by atoms with van der Waals surface area (Å²) >= 11 is 6.12. The Morgan fingerprint density at radius 3 is 2.96 bits per heavy atom. The molecule has 1 unspecified atom stereocenters. The Labute approximate surface area is 169 Å². The van der Waals surface area contributed by atoms with Crippen molar-refractivity contribution in [2.45, 2.75) is 31.8 Å². The van der Waals surface area contributed by atoms with E-state index in [-0.39, 0.29) is 6.03 Å². The molecule has 6 nitrogen and oxygen atoms in total. The molecule has 1 aliphatic rings. The van der Waals surface area contributed by atoms with Gasteiger partial charge in [0.05, 0.1) is 11.0 Å². The van der Waals surface area contributed by atoms with Crippen LogP contribution in [0.5, 0.6) is 0 Å². The fourth-order valence-corrected chi connectivity index (χ4v) is 3.99. The number of imidazole rings is 1. The van der Waals surface area contributed by atoms with Crippen LogP contribution < -0.4 is 10.7 Å². The van der Waals surface area contributed by atoms with E-state index in [0.717, 1.165) is 35.6 Å². The zero-order chi connectivity index (χ0) is 19.3. The minimum atomic E-state index is -0.226. The van der Waals surface area contributed by atoms with E-state index in [2.05, 4.69) is 26.7 Å². The summed E-state index contributed by atoms with van der Waals surface area (Å²) in [4.78, 5) is 19.1. The minimum absolute atomic E-state index is 0.226. The van der Waals surface area contributed by atoms with Crippen LogP contribution in [-0.4, -0.2) is 39.7 Å².